The SMILES string of the molecule is C.C.CCOP(=O)(OCC)c1ccc(-c2c3nc(c(-c4c(C)cc(C)cc4C)c4ccc([n-]4)c(-c4c(C)cc(C)cc4C)c4nc(c(-c5c(C)cc(C)cc5C)c5ccc2[n-]5)C=C4)C=C3)cc1.Cc1cc(C)c(C2=C3C=CC4=[N+]3C35n6c2ccc6C(c2c(C)cc(C)cc2C)=C2C=CC(=[N+]23)C(c2c(C)cc(C)cc2C)=c2ccc(n25)=C4c2ccc(P(=O)(O)O)cc2)c(C)c1.[Zn+2].[Zn].[Zn].[Zn].[Zn].[Zn]. The van der Waals surface area contributed by atoms with Crippen LogP contribution >= 0.6 is 15.2 Å². The van der Waals surface area contributed by atoms with E-state index in [2.05, 4.69) is 313 Å². The van der Waals surface area contributed by atoms with Crippen LogP contribution in [0.2, 0.25) is 0 Å². The molecule has 8 aliphatic rings. The minimum absolute atomic E-state index is 0. The fraction of sp³-hybridized carbons (Fsp3) is 0.221. The molecule has 1 spiro atoms. The third-order valence-electron chi connectivity index (χ3n) is 26.5. The monoisotopic (exact) mass is 2120 g/mol. The van der Waals surface area contributed by atoms with Crippen LogP contribution in [0.5, 0.6) is 0 Å². The molecule has 1 atom stereocenters. The molecule has 8 aromatic carbocycles. The van der Waals surface area contributed by atoms with E-state index in [1.807, 2.05) is 50.2 Å². The molecule has 21 rings (SSSR count). The zero-order chi connectivity index (χ0) is 88.9. The number of aryl methyl sites for hydroxylation is 18. The number of aromatic nitrogens is 6. The molecule has 0 saturated heterocycles. The predicted molar refractivity (Wildman–Crippen MR) is 533 cm³/mol. The molecule has 13 heterocycles. The van der Waals surface area contributed by atoms with Crippen molar-refractivity contribution in [2.75, 3.05) is 13.2 Å². The van der Waals surface area contributed by atoms with Crippen molar-refractivity contribution in [3.63, 3.8) is 0 Å². The molecule has 0 amide bonds. The minimum atomic E-state index is -4.46. The van der Waals surface area contributed by atoms with Gasteiger partial charge in [0.25, 0.3) is 0 Å². The van der Waals surface area contributed by atoms with Crippen molar-refractivity contribution in [3.05, 3.63) is 373 Å². The summed E-state index contributed by atoms with van der Waals surface area (Å²) < 4.78 is 48.3. The first-order chi connectivity index (χ1) is 60.8. The van der Waals surface area contributed by atoms with Crippen LogP contribution in [0.1, 0.15) is 185 Å². The molecule has 13 aromatic rings. The van der Waals surface area contributed by atoms with E-state index in [9.17, 15) is 18.9 Å². The molecule has 658 valence electrons. The summed E-state index contributed by atoms with van der Waals surface area (Å²) in [5.74, 6) is -0.942. The number of fused-ring (bicyclic) bond motifs is 8. The standard InChI is InChI=1S/C57H55N4O3P.C54H45N4O3P.2CH4.6Zn/c1-12-63-65(62,64-13-2)42-16-14-41(15-17-42)54-43-18-20-45(58-43)55(51-35(6)26-32(3)27-36(51)7)47-22-24-49(60-47)57(53-39(10)30-34(5)31-40(53)11)50-25-23-48(61-50)56(46-21-19-44(54)59-46)52-37(8)28-33(4)29-38(52)9;1-28-22-31(4)47(32(5)23-28)51-41-16-14-39-50(37-10-12-38(13-11-37)62(59,60)61)40-15-17-42-52(48-33(6)24-29(2)25-34(48)7)44-19-21-46-53(49-35(8)26-30(3)27-36(49)9)45-20-18-43(51)57(45)54(55(39)41,56(40)42)58(44)46;;;;;;;;/h14-31H,12-13H2,1-11H3;10-27H,1-9H3;2*1H4;;;;;;/q-2;;;;;;;;;+2/p+2. The number of hydrogen-bond donors (Lipinski definition) is 2. The van der Waals surface area contributed by atoms with Gasteiger partial charge in [-0.25, -0.2) is 9.97 Å². The maximum absolute atomic E-state index is 13.9. The Kier molecular flexibility index (Phi) is 30.6. The van der Waals surface area contributed by atoms with Crippen molar-refractivity contribution in [1.82, 2.24) is 29.1 Å². The Balaban J connectivity index is 0.000000229. The van der Waals surface area contributed by atoms with Gasteiger partial charge in [0, 0.05) is 122 Å². The summed E-state index contributed by atoms with van der Waals surface area (Å²) in [6.45, 7) is 43.6. The summed E-state index contributed by atoms with van der Waals surface area (Å²) in [6.07, 6.45) is 17.7. The molecule has 0 radical (unpaired) electrons. The first kappa shape index (κ1) is 105. The van der Waals surface area contributed by atoms with E-state index >= 15 is 0 Å². The van der Waals surface area contributed by atoms with E-state index in [0.717, 1.165) is 168 Å². The van der Waals surface area contributed by atoms with Gasteiger partial charge in [0.1, 0.15) is 0 Å². The van der Waals surface area contributed by atoms with Crippen molar-refractivity contribution in [2.45, 2.75) is 159 Å². The molecule has 1 unspecified atom stereocenters. The topological polar surface area (TPSA) is 163 Å². The van der Waals surface area contributed by atoms with Gasteiger partial charge in [-0.05, 0) is 345 Å². The van der Waals surface area contributed by atoms with Gasteiger partial charge in [-0.1, -0.05) is 179 Å². The predicted octanol–water partition coefficient (Wildman–Crippen LogP) is 23.5. The second-order valence-corrected chi connectivity index (χ2v) is 39.5. The molecule has 5 aromatic heterocycles. The zero-order valence-electron chi connectivity index (χ0n) is 79.9. The Morgan fingerprint density at radius 1 is 0.326 bits per heavy atom. The Hall–Kier alpha value is -9.00. The van der Waals surface area contributed by atoms with Crippen LogP contribution in [0.15, 0.2) is 206 Å². The largest absolute Gasteiger partial charge is 2.00 e. The third-order valence-corrected chi connectivity index (χ3v) is 29.6. The van der Waals surface area contributed by atoms with Crippen LogP contribution < -0.4 is 31.3 Å². The quantitative estimate of drug-likeness (QED) is 0.0609. The molecular weight excluding hydrogens is 2020 g/mol. The number of nitrogens with zero attached hydrogens (tertiary/aromatic N) is 8. The fourth-order valence-electron chi connectivity index (χ4n) is 22.5. The van der Waals surface area contributed by atoms with Gasteiger partial charge in [0.15, 0.2) is 0 Å². The van der Waals surface area contributed by atoms with Gasteiger partial charge < -0.3 is 28.8 Å². The first-order valence-corrected chi connectivity index (χ1v) is 47.1. The van der Waals surface area contributed by atoms with Crippen LogP contribution in [0.4, 0.5) is 0 Å². The average molecular weight is 2130 g/mol. The third kappa shape index (κ3) is 16.9. The van der Waals surface area contributed by atoms with Crippen LogP contribution in [0, 0.1) is 125 Å². The zero-order valence-corrected chi connectivity index (χ0v) is 99.5. The van der Waals surface area contributed by atoms with Gasteiger partial charge in [-0.2, -0.15) is 9.13 Å². The molecular formula is C113H110N8O6P2Zn6+2. The van der Waals surface area contributed by atoms with E-state index in [4.69, 9.17) is 29.0 Å². The second kappa shape index (κ2) is 39.4. The van der Waals surface area contributed by atoms with Crippen LogP contribution in [-0.4, -0.2) is 62.7 Å². The van der Waals surface area contributed by atoms with Crippen LogP contribution in [0.3, 0.4) is 0 Å². The summed E-state index contributed by atoms with van der Waals surface area (Å²) in [4.78, 5) is 42.5. The van der Waals surface area contributed by atoms with Gasteiger partial charge in [0.05, 0.1) is 91.0 Å². The van der Waals surface area contributed by atoms with Gasteiger partial charge in [0.2, 0.25) is 22.8 Å². The molecule has 8 bridgehead atoms. The van der Waals surface area contributed by atoms with E-state index in [1.54, 1.807) is 12.1 Å². The summed E-state index contributed by atoms with van der Waals surface area (Å²) in [5.41, 5.74) is 52.1. The van der Waals surface area contributed by atoms with Crippen LogP contribution in [0.25, 0.3) is 113 Å². The summed E-state index contributed by atoms with van der Waals surface area (Å²) in [6, 6.07) is 59.5. The molecule has 14 nitrogen and oxygen atoms in total. The van der Waals surface area contributed by atoms with Gasteiger partial charge >= 0.3 is 40.6 Å². The second-order valence-electron chi connectivity index (χ2n) is 35.8. The molecule has 2 N–H and O–H groups in total. The van der Waals surface area contributed by atoms with Crippen molar-refractivity contribution in [2.24, 2.45) is 0 Å². The van der Waals surface area contributed by atoms with Crippen LogP contribution in [-0.2, 0) is 141 Å². The summed E-state index contributed by atoms with van der Waals surface area (Å²) in [5, 5.41) is 2.65. The fourth-order valence-corrected chi connectivity index (χ4v) is 24.7. The first-order valence-electron chi connectivity index (χ1n) is 43.9. The van der Waals surface area contributed by atoms with E-state index < -0.39 is 21.1 Å². The van der Waals surface area contributed by atoms with E-state index in [-0.39, 0.29) is 150 Å². The Morgan fingerprint density at radius 3 is 0.933 bits per heavy atom. The molecule has 0 aliphatic carbocycles. The van der Waals surface area contributed by atoms with Crippen molar-refractivity contribution in [1.29, 1.82) is 0 Å². The number of allylic oxidation sites excluding steroid dienone is 4. The van der Waals surface area contributed by atoms with Crippen molar-refractivity contribution >= 4 is 106 Å². The smallest absolute Gasteiger partial charge is 0.657 e. The Morgan fingerprint density at radius 2 is 0.607 bits per heavy atom. The molecule has 0 saturated carbocycles. The normalized spacial score (nSPS) is 14.7. The van der Waals surface area contributed by atoms with Crippen molar-refractivity contribution < 1.29 is 154 Å². The Labute approximate surface area is 870 Å². The van der Waals surface area contributed by atoms with E-state index in [0.29, 0.717) is 5.30 Å². The minimum Gasteiger partial charge on any atom is -0.657 e. The Bertz CT molecular complexity index is 7700. The molecule has 0 fully saturated rings. The maximum Gasteiger partial charge on any atom is 2.00 e. The molecule has 22 heteroatoms. The van der Waals surface area contributed by atoms with Gasteiger partial charge in [-0.15, -0.1) is 22.1 Å². The summed E-state index contributed by atoms with van der Waals surface area (Å²) >= 11 is 0. The average Bonchev–Trinajstić information content (AvgIpc) is 1.48. The van der Waals surface area contributed by atoms with E-state index in [1.165, 1.54) is 111 Å². The number of hydrogen-bond acceptors (Lipinski definition) is 6. The number of benzene rings is 8. The maximum atomic E-state index is 13.9. The van der Waals surface area contributed by atoms with Crippen molar-refractivity contribution in [3.8, 4) is 44.5 Å². The molecule has 8 aliphatic heterocycles. The summed E-state index contributed by atoms with van der Waals surface area (Å²) in [7, 11) is -7.99. The number of rotatable bonds is 14. The van der Waals surface area contributed by atoms with Gasteiger partial charge in [-0.3, -0.25) is 9.13 Å². The molecule has 135 heavy (non-hydrogen) atoms.